The molecule has 2 fully saturated rings. The zero-order valence-electron chi connectivity index (χ0n) is 6.72. The second kappa shape index (κ2) is 2.85. The average Bonchev–Trinajstić information content (AvgIpc) is 1.91. The lowest BCUT2D eigenvalue weighted by molar-refractivity contribution is 0.0428. The van der Waals surface area contributed by atoms with Crippen molar-refractivity contribution >= 4 is 22.9 Å². The topological polar surface area (TPSA) is 29.3 Å². The molecular formula is C8H15IN2. The van der Waals surface area contributed by atoms with Crippen molar-refractivity contribution in [1.29, 1.82) is 0 Å². The Hall–Kier alpha value is 0.650. The summed E-state index contributed by atoms with van der Waals surface area (Å²) in [7, 11) is 0. The zero-order valence-corrected chi connectivity index (χ0v) is 8.88. The molecule has 2 N–H and O–H groups in total. The number of piperidine rings is 1. The molecule has 0 amide bonds. The third kappa shape index (κ3) is 1.31. The van der Waals surface area contributed by atoms with Gasteiger partial charge in [-0.2, -0.15) is 0 Å². The number of nitrogens with two attached hydrogens (primary N) is 1. The molecule has 0 aromatic heterocycles. The van der Waals surface area contributed by atoms with Crippen molar-refractivity contribution in [3.63, 3.8) is 0 Å². The quantitative estimate of drug-likeness (QED) is 0.532. The van der Waals surface area contributed by atoms with Crippen LogP contribution < -0.4 is 5.73 Å². The highest BCUT2D eigenvalue weighted by molar-refractivity contribution is 14.1. The maximum atomic E-state index is 6.11. The van der Waals surface area contributed by atoms with Crippen molar-refractivity contribution in [2.45, 2.75) is 31.7 Å². The van der Waals surface area contributed by atoms with Crippen LogP contribution in [0.1, 0.15) is 25.7 Å². The van der Waals surface area contributed by atoms with Crippen molar-refractivity contribution in [3.05, 3.63) is 0 Å². The van der Waals surface area contributed by atoms with E-state index in [1.165, 1.54) is 38.8 Å². The van der Waals surface area contributed by atoms with E-state index in [0.29, 0.717) is 11.5 Å². The van der Waals surface area contributed by atoms with Crippen molar-refractivity contribution < 1.29 is 0 Å². The van der Waals surface area contributed by atoms with Crippen LogP contribution in [0.25, 0.3) is 0 Å². The Morgan fingerprint density at radius 2 is 2.18 bits per heavy atom. The minimum absolute atomic E-state index is 0.488. The zero-order chi connectivity index (χ0) is 7.90. The maximum absolute atomic E-state index is 6.11. The molecule has 1 aliphatic carbocycles. The minimum Gasteiger partial charge on any atom is -0.327 e. The van der Waals surface area contributed by atoms with Gasteiger partial charge in [0, 0.05) is 42.0 Å². The Balaban J connectivity index is 2.04. The average molecular weight is 266 g/mol. The highest BCUT2D eigenvalue weighted by Crippen LogP contribution is 2.47. The molecule has 1 unspecified atom stereocenters. The van der Waals surface area contributed by atoms with Gasteiger partial charge >= 0.3 is 0 Å². The van der Waals surface area contributed by atoms with Gasteiger partial charge in [0.25, 0.3) is 0 Å². The van der Waals surface area contributed by atoms with E-state index in [-0.39, 0.29) is 0 Å². The van der Waals surface area contributed by atoms with Crippen molar-refractivity contribution in [2.24, 2.45) is 11.1 Å². The van der Waals surface area contributed by atoms with E-state index in [9.17, 15) is 0 Å². The third-order valence-electron chi connectivity index (χ3n) is 3.31. The van der Waals surface area contributed by atoms with Gasteiger partial charge in [-0.3, -0.25) is 0 Å². The highest BCUT2D eigenvalue weighted by Gasteiger charge is 2.45. The summed E-state index contributed by atoms with van der Waals surface area (Å²) in [5, 5.41) is 0. The van der Waals surface area contributed by atoms with Crippen LogP contribution in [0.2, 0.25) is 0 Å². The lowest BCUT2D eigenvalue weighted by Crippen LogP contribution is -2.56. The molecule has 1 saturated carbocycles. The van der Waals surface area contributed by atoms with E-state index in [1.54, 1.807) is 0 Å². The van der Waals surface area contributed by atoms with E-state index >= 15 is 0 Å². The summed E-state index contributed by atoms with van der Waals surface area (Å²) in [6.45, 7) is 2.41. The van der Waals surface area contributed by atoms with Gasteiger partial charge in [0.15, 0.2) is 0 Å². The Bertz CT molecular complexity index is 156. The summed E-state index contributed by atoms with van der Waals surface area (Å²) in [6, 6.07) is 0.488. The molecule has 1 heterocycles. The van der Waals surface area contributed by atoms with Gasteiger partial charge in [0.1, 0.15) is 0 Å². The second-order valence-electron chi connectivity index (χ2n) is 3.96. The first kappa shape index (κ1) is 8.26. The Labute approximate surface area is 82.0 Å². The second-order valence-corrected chi connectivity index (χ2v) is 5.32. The standard InChI is InChI=1S/C8H15IN2/c9-11-5-2-7(10)8(6-11)3-1-4-8/h7H,1-6,10H2. The Kier molecular flexibility index (Phi) is 2.14. The van der Waals surface area contributed by atoms with Crippen LogP contribution in [-0.2, 0) is 0 Å². The van der Waals surface area contributed by atoms with Crippen LogP contribution in [0, 0.1) is 5.41 Å². The maximum Gasteiger partial charge on any atom is 0.0201 e. The van der Waals surface area contributed by atoms with E-state index < -0.39 is 0 Å². The summed E-state index contributed by atoms with van der Waals surface area (Å²) in [6.07, 6.45) is 5.34. The van der Waals surface area contributed by atoms with Crippen LogP contribution in [0.5, 0.6) is 0 Å². The first-order valence-corrected chi connectivity index (χ1v) is 5.36. The first-order chi connectivity index (χ1) is 5.23. The monoisotopic (exact) mass is 266 g/mol. The molecule has 0 bridgehead atoms. The minimum atomic E-state index is 0.488. The number of hydrogen-bond acceptors (Lipinski definition) is 2. The van der Waals surface area contributed by atoms with E-state index in [0.717, 1.165) is 0 Å². The predicted molar refractivity (Wildman–Crippen MR) is 54.5 cm³/mol. The van der Waals surface area contributed by atoms with E-state index in [1.807, 2.05) is 0 Å². The Morgan fingerprint density at radius 3 is 2.64 bits per heavy atom. The molecule has 1 atom stereocenters. The number of nitrogens with zero attached hydrogens (tertiary/aromatic N) is 1. The fourth-order valence-electron chi connectivity index (χ4n) is 2.28. The van der Waals surface area contributed by atoms with Crippen molar-refractivity contribution in [3.8, 4) is 0 Å². The number of halogens is 1. The van der Waals surface area contributed by atoms with Gasteiger partial charge in [0.05, 0.1) is 0 Å². The molecule has 1 aliphatic heterocycles. The van der Waals surface area contributed by atoms with Crippen molar-refractivity contribution in [1.82, 2.24) is 3.11 Å². The van der Waals surface area contributed by atoms with Crippen LogP contribution in [0.4, 0.5) is 0 Å². The lowest BCUT2D eigenvalue weighted by atomic mass is 9.62. The molecule has 2 aliphatic rings. The van der Waals surface area contributed by atoms with Gasteiger partial charge in [-0.25, -0.2) is 3.11 Å². The molecule has 11 heavy (non-hydrogen) atoms. The van der Waals surface area contributed by atoms with Crippen LogP contribution in [0.3, 0.4) is 0 Å². The van der Waals surface area contributed by atoms with Gasteiger partial charge < -0.3 is 5.73 Å². The molecule has 64 valence electrons. The summed E-state index contributed by atoms with van der Waals surface area (Å²) < 4.78 is 2.40. The highest BCUT2D eigenvalue weighted by atomic mass is 127. The summed E-state index contributed by atoms with van der Waals surface area (Å²) in [4.78, 5) is 0. The molecule has 0 aromatic carbocycles. The molecule has 2 rings (SSSR count). The largest absolute Gasteiger partial charge is 0.327 e. The first-order valence-electron chi connectivity index (χ1n) is 4.39. The molecule has 3 heteroatoms. The van der Waals surface area contributed by atoms with Gasteiger partial charge in [-0.15, -0.1) is 0 Å². The number of rotatable bonds is 0. The predicted octanol–water partition coefficient (Wildman–Crippen LogP) is 1.54. The van der Waals surface area contributed by atoms with Crippen LogP contribution in [-0.4, -0.2) is 22.2 Å². The molecule has 1 saturated heterocycles. The summed E-state index contributed by atoms with van der Waals surface area (Å²) >= 11 is 2.43. The SMILES string of the molecule is NC1CCN(I)CC12CCC2. The van der Waals surface area contributed by atoms with Crippen LogP contribution >= 0.6 is 22.9 Å². The van der Waals surface area contributed by atoms with Gasteiger partial charge in [-0.05, 0) is 24.7 Å². The van der Waals surface area contributed by atoms with Crippen molar-refractivity contribution in [2.75, 3.05) is 13.1 Å². The van der Waals surface area contributed by atoms with Gasteiger partial charge in [-0.1, -0.05) is 6.42 Å². The molecule has 0 aromatic rings. The summed E-state index contributed by atoms with van der Waals surface area (Å²) in [5.41, 5.74) is 6.63. The Morgan fingerprint density at radius 1 is 1.45 bits per heavy atom. The lowest BCUT2D eigenvalue weighted by Gasteiger charge is -2.51. The summed E-state index contributed by atoms with van der Waals surface area (Å²) in [5.74, 6) is 0. The fourth-order valence-corrected chi connectivity index (χ4v) is 3.24. The number of hydrogen-bond donors (Lipinski definition) is 1. The smallest absolute Gasteiger partial charge is 0.0201 e. The van der Waals surface area contributed by atoms with E-state index in [4.69, 9.17) is 5.73 Å². The fraction of sp³-hybridized carbons (Fsp3) is 1.00. The molecule has 0 radical (unpaired) electrons. The van der Waals surface area contributed by atoms with Crippen LogP contribution in [0.15, 0.2) is 0 Å². The molecule has 2 nitrogen and oxygen atoms in total. The van der Waals surface area contributed by atoms with E-state index in [2.05, 4.69) is 26.0 Å². The normalized spacial score (nSPS) is 37.1. The molecular weight excluding hydrogens is 251 g/mol. The molecule has 1 spiro atoms. The van der Waals surface area contributed by atoms with Gasteiger partial charge in [0.2, 0.25) is 0 Å². The third-order valence-corrected chi connectivity index (χ3v) is 4.13.